The van der Waals surface area contributed by atoms with Crippen molar-refractivity contribution >= 4 is 52.1 Å². The van der Waals surface area contributed by atoms with Crippen molar-refractivity contribution < 1.29 is 28.5 Å². The quantitative estimate of drug-likeness (QED) is 0.364. The van der Waals surface area contributed by atoms with E-state index < -0.39 is 5.91 Å². The van der Waals surface area contributed by atoms with Crippen molar-refractivity contribution in [1.29, 1.82) is 0 Å². The molecule has 1 aliphatic rings. The monoisotopic (exact) mass is 598 g/mol. The molecule has 10 nitrogen and oxygen atoms in total. The Morgan fingerprint density at radius 1 is 0.805 bits per heavy atom. The van der Waals surface area contributed by atoms with Crippen molar-refractivity contribution in [3.05, 3.63) is 70.7 Å². The predicted molar refractivity (Wildman–Crippen MR) is 162 cm³/mol. The van der Waals surface area contributed by atoms with Gasteiger partial charge in [0.2, 0.25) is 5.75 Å². The largest absolute Gasteiger partial charge is 0.496 e. The Morgan fingerprint density at radius 2 is 1.41 bits per heavy atom. The van der Waals surface area contributed by atoms with Gasteiger partial charge in [-0.3, -0.25) is 14.9 Å². The van der Waals surface area contributed by atoms with Crippen molar-refractivity contribution in [2.75, 3.05) is 64.8 Å². The number of piperazine rings is 1. The van der Waals surface area contributed by atoms with Crippen LogP contribution in [0.2, 0.25) is 5.02 Å². The third-order valence-electron chi connectivity index (χ3n) is 6.60. The molecule has 0 saturated carbocycles. The van der Waals surface area contributed by atoms with E-state index in [1.807, 2.05) is 24.3 Å². The lowest BCUT2D eigenvalue weighted by molar-refractivity contribution is 0.0743. The summed E-state index contributed by atoms with van der Waals surface area (Å²) in [5.74, 6) is 1.08. The zero-order valence-corrected chi connectivity index (χ0v) is 24.7. The van der Waals surface area contributed by atoms with Gasteiger partial charge < -0.3 is 34.1 Å². The molecule has 3 aromatic rings. The van der Waals surface area contributed by atoms with E-state index in [-0.39, 0.29) is 11.0 Å². The van der Waals surface area contributed by atoms with Gasteiger partial charge in [0.25, 0.3) is 11.8 Å². The van der Waals surface area contributed by atoms with E-state index in [0.29, 0.717) is 71.0 Å². The summed E-state index contributed by atoms with van der Waals surface area (Å²) < 4.78 is 21.3. The van der Waals surface area contributed by atoms with E-state index in [0.717, 1.165) is 5.69 Å². The van der Waals surface area contributed by atoms with E-state index in [9.17, 15) is 9.59 Å². The second kappa shape index (κ2) is 13.4. The van der Waals surface area contributed by atoms with Crippen LogP contribution in [0.5, 0.6) is 23.0 Å². The maximum Gasteiger partial charge on any atom is 0.257 e. The molecule has 3 aromatic carbocycles. The van der Waals surface area contributed by atoms with Crippen LogP contribution in [0.3, 0.4) is 0 Å². The van der Waals surface area contributed by atoms with Crippen LogP contribution in [0.15, 0.2) is 54.6 Å². The molecular weight excluding hydrogens is 568 g/mol. The first-order chi connectivity index (χ1) is 19.8. The number of hydrogen-bond acceptors (Lipinski definition) is 8. The number of carbonyl (C=O) groups excluding carboxylic acids is 2. The maximum absolute atomic E-state index is 13.1. The molecule has 216 valence electrons. The first-order valence-electron chi connectivity index (χ1n) is 12.7. The van der Waals surface area contributed by atoms with Crippen LogP contribution in [0.25, 0.3) is 0 Å². The number of nitrogens with zero attached hydrogens (tertiary/aromatic N) is 2. The van der Waals surface area contributed by atoms with Crippen LogP contribution in [0.4, 0.5) is 11.4 Å². The number of amides is 2. The molecule has 0 radical (unpaired) electrons. The molecule has 0 bridgehead atoms. The lowest BCUT2D eigenvalue weighted by Crippen LogP contribution is -2.48. The molecule has 1 heterocycles. The topological polar surface area (TPSA) is 102 Å². The molecule has 2 amide bonds. The summed E-state index contributed by atoms with van der Waals surface area (Å²) in [6, 6.07) is 15.8. The number of anilines is 2. The molecule has 0 aromatic heterocycles. The van der Waals surface area contributed by atoms with E-state index in [4.69, 9.17) is 42.8 Å². The van der Waals surface area contributed by atoms with Crippen molar-refractivity contribution in [3.63, 3.8) is 0 Å². The van der Waals surface area contributed by atoms with Crippen LogP contribution < -0.4 is 34.5 Å². The highest BCUT2D eigenvalue weighted by atomic mass is 35.5. The third kappa shape index (κ3) is 6.93. The normalized spacial score (nSPS) is 12.8. The first kappa shape index (κ1) is 29.8. The Hall–Kier alpha value is -4.22. The Kier molecular flexibility index (Phi) is 9.74. The number of benzene rings is 3. The maximum atomic E-state index is 13.1. The fraction of sp³-hybridized carbons (Fsp3) is 0.276. The smallest absolute Gasteiger partial charge is 0.257 e. The zero-order chi connectivity index (χ0) is 29.5. The number of carbonyl (C=O) groups is 2. The Balaban J connectivity index is 1.32. The SMILES string of the molecule is COc1ccc(Cl)cc1C(=O)N1CCN(c2ccc(NC(=S)NC(=O)c3cc(OC)c(OC)c(OC)c3)cc2)CC1. The molecule has 0 spiro atoms. The fourth-order valence-electron chi connectivity index (χ4n) is 4.49. The molecule has 0 atom stereocenters. The van der Waals surface area contributed by atoms with E-state index >= 15 is 0 Å². The molecule has 0 unspecified atom stereocenters. The molecule has 1 fully saturated rings. The minimum absolute atomic E-state index is 0.106. The Labute approximate surface area is 249 Å². The summed E-state index contributed by atoms with van der Waals surface area (Å²) in [6.07, 6.45) is 0. The average Bonchev–Trinajstić information content (AvgIpc) is 3.00. The van der Waals surface area contributed by atoms with Gasteiger partial charge >= 0.3 is 0 Å². The zero-order valence-electron chi connectivity index (χ0n) is 23.2. The number of halogens is 1. The molecule has 12 heteroatoms. The highest BCUT2D eigenvalue weighted by Crippen LogP contribution is 2.38. The number of methoxy groups -OCH3 is 4. The minimum atomic E-state index is -0.429. The summed E-state index contributed by atoms with van der Waals surface area (Å²) >= 11 is 11.5. The lowest BCUT2D eigenvalue weighted by atomic mass is 10.1. The van der Waals surface area contributed by atoms with Crippen molar-refractivity contribution in [2.45, 2.75) is 0 Å². The van der Waals surface area contributed by atoms with Crippen LogP contribution in [0.1, 0.15) is 20.7 Å². The number of thiocarbonyl (C=S) groups is 1. The van der Waals surface area contributed by atoms with Gasteiger partial charge in [0.1, 0.15) is 5.75 Å². The van der Waals surface area contributed by atoms with Gasteiger partial charge in [-0.05, 0) is 66.8 Å². The average molecular weight is 599 g/mol. The highest BCUT2D eigenvalue weighted by molar-refractivity contribution is 7.80. The predicted octanol–water partition coefficient (Wildman–Crippen LogP) is 4.46. The van der Waals surface area contributed by atoms with E-state index in [1.54, 1.807) is 35.2 Å². The highest BCUT2D eigenvalue weighted by Gasteiger charge is 2.25. The Morgan fingerprint density at radius 3 is 1.98 bits per heavy atom. The number of hydrogen-bond donors (Lipinski definition) is 2. The molecular formula is C29H31ClN4O6S. The summed E-state index contributed by atoms with van der Waals surface area (Å²) in [6.45, 7) is 2.46. The summed E-state index contributed by atoms with van der Waals surface area (Å²) in [7, 11) is 5.98. The number of nitrogens with one attached hydrogen (secondary N) is 2. The molecule has 2 N–H and O–H groups in total. The Bertz CT molecular complexity index is 1400. The molecule has 1 aliphatic heterocycles. The van der Waals surface area contributed by atoms with Crippen LogP contribution in [0, 0.1) is 0 Å². The standard InChI is InChI=1S/C29H31ClN4O6S/c1-37-23-10-5-19(30)17-22(23)28(36)34-13-11-33(12-14-34)21-8-6-20(7-9-21)31-29(41)32-27(35)18-15-24(38-2)26(40-4)25(16-18)39-3/h5-10,15-17H,11-14H2,1-4H3,(H2,31,32,35,41). The first-order valence-corrected chi connectivity index (χ1v) is 13.5. The van der Waals surface area contributed by atoms with Gasteiger partial charge in [0.05, 0.1) is 34.0 Å². The van der Waals surface area contributed by atoms with E-state index in [1.165, 1.54) is 28.4 Å². The van der Waals surface area contributed by atoms with Gasteiger partial charge in [-0.25, -0.2) is 0 Å². The van der Waals surface area contributed by atoms with Gasteiger partial charge in [-0.2, -0.15) is 0 Å². The summed E-state index contributed by atoms with van der Waals surface area (Å²) in [5, 5.41) is 6.32. The molecule has 0 aliphatic carbocycles. The van der Waals surface area contributed by atoms with Gasteiger partial charge in [-0.15, -0.1) is 0 Å². The van der Waals surface area contributed by atoms with Gasteiger partial charge in [-0.1, -0.05) is 11.6 Å². The summed E-state index contributed by atoms with van der Waals surface area (Å²) in [5.41, 5.74) is 2.48. The lowest BCUT2D eigenvalue weighted by Gasteiger charge is -2.36. The van der Waals surface area contributed by atoms with E-state index in [2.05, 4.69) is 15.5 Å². The van der Waals surface area contributed by atoms with Crippen molar-refractivity contribution in [1.82, 2.24) is 10.2 Å². The van der Waals surface area contributed by atoms with Crippen molar-refractivity contribution in [3.8, 4) is 23.0 Å². The van der Waals surface area contributed by atoms with Crippen LogP contribution in [-0.4, -0.2) is 76.4 Å². The van der Waals surface area contributed by atoms with Gasteiger partial charge in [0, 0.05) is 48.1 Å². The molecule has 4 rings (SSSR count). The third-order valence-corrected chi connectivity index (χ3v) is 7.04. The number of rotatable bonds is 8. The number of ether oxygens (including phenoxy) is 4. The second-order valence-corrected chi connectivity index (χ2v) is 9.84. The van der Waals surface area contributed by atoms with Crippen LogP contribution >= 0.6 is 23.8 Å². The van der Waals surface area contributed by atoms with Gasteiger partial charge in [0.15, 0.2) is 16.6 Å². The van der Waals surface area contributed by atoms with Crippen LogP contribution in [-0.2, 0) is 0 Å². The molecule has 1 saturated heterocycles. The van der Waals surface area contributed by atoms with Crippen molar-refractivity contribution in [2.24, 2.45) is 0 Å². The molecule has 41 heavy (non-hydrogen) atoms. The summed E-state index contributed by atoms with van der Waals surface area (Å²) in [4.78, 5) is 29.9. The fourth-order valence-corrected chi connectivity index (χ4v) is 4.87. The second-order valence-electron chi connectivity index (χ2n) is 8.99. The minimum Gasteiger partial charge on any atom is -0.496 e.